The second-order valence-corrected chi connectivity index (χ2v) is 6.37. The van der Waals surface area contributed by atoms with Crippen molar-refractivity contribution in [2.75, 3.05) is 6.61 Å². The van der Waals surface area contributed by atoms with E-state index in [1.165, 1.54) is 51.4 Å². The largest absolute Gasteiger partial charge is 0.394 e. The van der Waals surface area contributed by atoms with Gasteiger partial charge in [0.2, 0.25) is 0 Å². The number of rotatable bonds is 14. The third-order valence-corrected chi connectivity index (χ3v) is 3.81. The summed E-state index contributed by atoms with van der Waals surface area (Å²) in [6, 6.07) is -0.666. The predicted octanol–water partition coefficient (Wildman–Crippen LogP) is 3.82. The number of Topliss-reactive ketones (excluding diaryl/α,β-unsaturated/α-hetero) is 1. The molecule has 0 aromatic heterocycles. The molecular weight excluding hydrogens is 250 g/mol. The van der Waals surface area contributed by atoms with E-state index in [0.717, 1.165) is 18.8 Å². The molecule has 0 rings (SSSR count). The van der Waals surface area contributed by atoms with Crippen molar-refractivity contribution in [1.29, 1.82) is 0 Å². The molecule has 0 bridgehead atoms. The van der Waals surface area contributed by atoms with Gasteiger partial charge in [0, 0.05) is 6.42 Å². The second kappa shape index (κ2) is 13.6. The zero-order chi connectivity index (χ0) is 15.2. The summed E-state index contributed by atoms with van der Waals surface area (Å²) in [5.74, 6) is 0.842. The number of hydrogen-bond acceptors (Lipinski definition) is 3. The highest BCUT2D eigenvalue weighted by atomic mass is 16.3. The monoisotopic (exact) mass is 285 g/mol. The minimum Gasteiger partial charge on any atom is -0.394 e. The maximum atomic E-state index is 11.4. The van der Waals surface area contributed by atoms with Gasteiger partial charge in [0.1, 0.15) is 0 Å². The zero-order valence-corrected chi connectivity index (χ0v) is 13.6. The summed E-state index contributed by atoms with van der Waals surface area (Å²) in [7, 11) is 0. The van der Waals surface area contributed by atoms with Crippen LogP contribution in [0.3, 0.4) is 0 Å². The molecule has 3 N–H and O–H groups in total. The van der Waals surface area contributed by atoms with Crippen molar-refractivity contribution in [3.05, 3.63) is 0 Å². The minimum atomic E-state index is -0.666. The van der Waals surface area contributed by atoms with Gasteiger partial charge in [0.05, 0.1) is 12.6 Å². The highest BCUT2D eigenvalue weighted by Gasteiger charge is 2.10. The summed E-state index contributed by atoms with van der Waals surface area (Å²) in [6.07, 6.45) is 13.2. The number of nitrogens with two attached hydrogens (primary N) is 1. The summed E-state index contributed by atoms with van der Waals surface area (Å²) in [5.41, 5.74) is 5.46. The Hall–Kier alpha value is -0.410. The Morgan fingerprint density at radius 3 is 1.80 bits per heavy atom. The molecule has 0 saturated carbocycles. The molecule has 3 nitrogen and oxygen atoms in total. The number of aliphatic hydroxyl groups excluding tert-OH is 1. The van der Waals surface area contributed by atoms with E-state index < -0.39 is 6.04 Å². The molecule has 0 spiro atoms. The number of unbranched alkanes of at least 4 members (excludes halogenated alkanes) is 8. The summed E-state index contributed by atoms with van der Waals surface area (Å²) >= 11 is 0. The molecule has 0 aromatic rings. The fourth-order valence-corrected chi connectivity index (χ4v) is 2.38. The Labute approximate surface area is 125 Å². The van der Waals surface area contributed by atoms with E-state index in [0.29, 0.717) is 6.42 Å². The van der Waals surface area contributed by atoms with Crippen LogP contribution in [0.2, 0.25) is 0 Å². The first-order valence-electron chi connectivity index (χ1n) is 8.47. The Morgan fingerprint density at radius 2 is 1.35 bits per heavy atom. The van der Waals surface area contributed by atoms with E-state index >= 15 is 0 Å². The molecule has 20 heavy (non-hydrogen) atoms. The summed E-state index contributed by atoms with van der Waals surface area (Å²) in [6.45, 7) is 4.35. The lowest BCUT2D eigenvalue weighted by Crippen LogP contribution is -2.33. The lowest BCUT2D eigenvalue weighted by molar-refractivity contribution is -0.121. The first-order valence-corrected chi connectivity index (χ1v) is 8.47. The minimum absolute atomic E-state index is 0.00217. The molecule has 0 aliphatic heterocycles. The number of carbonyl (C=O) groups is 1. The Bertz CT molecular complexity index is 229. The molecular formula is C17H35NO2. The molecule has 0 unspecified atom stereocenters. The van der Waals surface area contributed by atoms with Crippen LogP contribution in [-0.4, -0.2) is 23.5 Å². The molecule has 0 saturated heterocycles. The van der Waals surface area contributed by atoms with Crippen LogP contribution in [0.4, 0.5) is 0 Å². The van der Waals surface area contributed by atoms with E-state index in [4.69, 9.17) is 10.8 Å². The maximum Gasteiger partial charge on any atom is 0.151 e. The van der Waals surface area contributed by atoms with E-state index in [2.05, 4.69) is 13.8 Å². The fourth-order valence-electron chi connectivity index (χ4n) is 2.38. The Kier molecular flexibility index (Phi) is 13.3. The lowest BCUT2D eigenvalue weighted by Gasteiger charge is -2.06. The molecule has 0 fully saturated rings. The summed E-state index contributed by atoms with van der Waals surface area (Å²) in [4.78, 5) is 11.4. The van der Waals surface area contributed by atoms with Gasteiger partial charge in [-0.15, -0.1) is 0 Å². The van der Waals surface area contributed by atoms with Crippen molar-refractivity contribution in [3.8, 4) is 0 Å². The molecule has 0 aromatic carbocycles. The van der Waals surface area contributed by atoms with Crippen LogP contribution >= 0.6 is 0 Å². The average molecular weight is 285 g/mol. The van der Waals surface area contributed by atoms with E-state index in [9.17, 15) is 4.79 Å². The van der Waals surface area contributed by atoms with Crippen LogP contribution in [0, 0.1) is 5.92 Å². The third kappa shape index (κ3) is 12.6. The van der Waals surface area contributed by atoms with Gasteiger partial charge in [-0.25, -0.2) is 0 Å². The van der Waals surface area contributed by atoms with Crippen LogP contribution in [0.1, 0.15) is 84.5 Å². The van der Waals surface area contributed by atoms with Crippen molar-refractivity contribution in [2.24, 2.45) is 11.7 Å². The zero-order valence-electron chi connectivity index (χ0n) is 13.6. The highest BCUT2D eigenvalue weighted by molar-refractivity contribution is 5.83. The third-order valence-electron chi connectivity index (χ3n) is 3.81. The van der Waals surface area contributed by atoms with Crippen LogP contribution in [0.25, 0.3) is 0 Å². The van der Waals surface area contributed by atoms with Crippen molar-refractivity contribution in [1.82, 2.24) is 0 Å². The summed E-state index contributed by atoms with van der Waals surface area (Å²) in [5, 5.41) is 8.75. The molecule has 3 heteroatoms. The first-order chi connectivity index (χ1) is 9.57. The summed E-state index contributed by atoms with van der Waals surface area (Å²) < 4.78 is 0. The van der Waals surface area contributed by atoms with Crippen LogP contribution in [-0.2, 0) is 4.79 Å². The van der Waals surface area contributed by atoms with E-state index in [1.807, 2.05) is 0 Å². The fraction of sp³-hybridized carbons (Fsp3) is 0.941. The van der Waals surface area contributed by atoms with Gasteiger partial charge in [-0.3, -0.25) is 4.79 Å². The topological polar surface area (TPSA) is 63.3 Å². The van der Waals surface area contributed by atoms with Gasteiger partial charge in [-0.1, -0.05) is 71.6 Å². The van der Waals surface area contributed by atoms with Gasteiger partial charge in [0.25, 0.3) is 0 Å². The number of hydrogen-bond donors (Lipinski definition) is 2. The first kappa shape index (κ1) is 19.6. The van der Waals surface area contributed by atoms with E-state index in [1.54, 1.807) is 0 Å². The lowest BCUT2D eigenvalue weighted by atomic mass is 10.0. The van der Waals surface area contributed by atoms with Crippen LogP contribution in [0.15, 0.2) is 0 Å². The second-order valence-electron chi connectivity index (χ2n) is 6.37. The standard InChI is InChI=1S/C17H35NO2/c1-15(2)12-10-8-6-4-3-5-7-9-11-13-17(20)16(18)14-19/h15-16,19H,3-14,18H2,1-2H3/t16-/m0/s1. The number of carbonyl (C=O) groups excluding carboxylic acids is 1. The Morgan fingerprint density at radius 1 is 0.900 bits per heavy atom. The van der Waals surface area contributed by atoms with Crippen molar-refractivity contribution < 1.29 is 9.90 Å². The van der Waals surface area contributed by atoms with Crippen molar-refractivity contribution in [3.63, 3.8) is 0 Å². The molecule has 0 amide bonds. The quantitative estimate of drug-likeness (QED) is 0.477. The maximum absolute atomic E-state index is 11.4. The smallest absolute Gasteiger partial charge is 0.151 e. The van der Waals surface area contributed by atoms with Crippen molar-refractivity contribution in [2.45, 2.75) is 90.5 Å². The van der Waals surface area contributed by atoms with Gasteiger partial charge in [0.15, 0.2) is 5.78 Å². The molecule has 0 aliphatic carbocycles. The number of aliphatic hydroxyl groups is 1. The van der Waals surface area contributed by atoms with Gasteiger partial charge in [-0.2, -0.15) is 0 Å². The molecule has 120 valence electrons. The number of ketones is 1. The average Bonchev–Trinajstić information content (AvgIpc) is 2.43. The van der Waals surface area contributed by atoms with Crippen LogP contribution in [0.5, 0.6) is 0 Å². The van der Waals surface area contributed by atoms with Gasteiger partial charge >= 0.3 is 0 Å². The highest BCUT2D eigenvalue weighted by Crippen LogP contribution is 2.13. The van der Waals surface area contributed by atoms with Crippen LogP contribution < -0.4 is 5.73 Å². The van der Waals surface area contributed by atoms with Gasteiger partial charge < -0.3 is 10.8 Å². The molecule has 0 radical (unpaired) electrons. The van der Waals surface area contributed by atoms with Gasteiger partial charge in [-0.05, 0) is 12.3 Å². The molecule has 1 atom stereocenters. The SMILES string of the molecule is CC(C)CCCCCCCCCCCC(=O)[C@@H](N)CO. The Balaban J connectivity index is 3.15. The molecule has 0 aliphatic rings. The van der Waals surface area contributed by atoms with E-state index in [-0.39, 0.29) is 12.4 Å². The van der Waals surface area contributed by atoms with Crippen molar-refractivity contribution >= 4 is 5.78 Å². The predicted molar refractivity (Wildman–Crippen MR) is 85.7 cm³/mol. The molecule has 0 heterocycles. The normalized spacial score (nSPS) is 12.8.